The van der Waals surface area contributed by atoms with E-state index in [9.17, 15) is 4.79 Å². The largest absolute Gasteiger partial charge is 0.493 e. The van der Waals surface area contributed by atoms with Crippen LogP contribution in [0.2, 0.25) is 10.0 Å². The van der Waals surface area contributed by atoms with Gasteiger partial charge in [-0.05, 0) is 55.8 Å². The van der Waals surface area contributed by atoms with Gasteiger partial charge in [-0.15, -0.1) is 0 Å². The van der Waals surface area contributed by atoms with Crippen LogP contribution in [0.3, 0.4) is 0 Å². The van der Waals surface area contributed by atoms with E-state index >= 15 is 0 Å². The molecule has 0 fully saturated rings. The minimum absolute atomic E-state index is 0.0601. The summed E-state index contributed by atoms with van der Waals surface area (Å²) in [5.74, 6) is 1.15. The van der Waals surface area contributed by atoms with Gasteiger partial charge in [0.05, 0.1) is 34.2 Å². The molecule has 0 atom stereocenters. The molecule has 0 saturated heterocycles. The number of methoxy groups -OCH3 is 1. The van der Waals surface area contributed by atoms with Gasteiger partial charge in [0.15, 0.2) is 17.3 Å². The highest BCUT2D eigenvalue weighted by atomic mass is 35.5. The molecule has 1 N–H and O–H groups in total. The lowest BCUT2D eigenvalue weighted by Crippen LogP contribution is -2.10. The van der Waals surface area contributed by atoms with E-state index in [2.05, 4.69) is 9.97 Å². The van der Waals surface area contributed by atoms with Crippen molar-refractivity contribution in [2.24, 2.45) is 0 Å². The maximum absolute atomic E-state index is 12.3. The zero-order valence-electron chi connectivity index (χ0n) is 15.3. The molecule has 0 bridgehead atoms. The Morgan fingerprint density at radius 3 is 2.64 bits per heavy atom. The van der Waals surface area contributed by atoms with Gasteiger partial charge in [0.25, 0.3) is 5.56 Å². The highest BCUT2D eigenvalue weighted by Crippen LogP contribution is 2.38. The van der Waals surface area contributed by atoms with E-state index in [0.717, 1.165) is 0 Å². The Morgan fingerprint density at radius 1 is 1.21 bits per heavy atom. The number of hydrogen-bond donors (Lipinski definition) is 1. The lowest BCUT2D eigenvalue weighted by molar-refractivity contribution is 0.230. The molecule has 1 heterocycles. The van der Waals surface area contributed by atoms with E-state index in [0.29, 0.717) is 38.0 Å². The Morgan fingerprint density at radius 2 is 1.96 bits per heavy atom. The number of fused-ring (bicyclic) bond motifs is 1. The predicted molar refractivity (Wildman–Crippen MR) is 115 cm³/mol. The number of aromatic nitrogens is 2. The predicted octanol–water partition coefficient (Wildman–Crippen LogP) is 5.76. The topological polar surface area (TPSA) is 64.2 Å². The fourth-order valence-electron chi connectivity index (χ4n) is 2.61. The summed E-state index contributed by atoms with van der Waals surface area (Å²) in [5, 5.41) is 1.52. The summed E-state index contributed by atoms with van der Waals surface area (Å²) in [6, 6.07) is 8.29. The van der Waals surface area contributed by atoms with Crippen molar-refractivity contribution in [2.45, 2.75) is 20.0 Å². The number of ether oxygens (including phenoxy) is 2. The molecule has 28 heavy (non-hydrogen) atoms. The number of rotatable bonds is 5. The Labute approximate surface area is 176 Å². The minimum Gasteiger partial charge on any atom is -0.493 e. The molecule has 0 spiro atoms. The molecule has 3 aromatic rings. The third-order valence-electron chi connectivity index (χ3n) is 3.79. The van der Waals surface area contributed by atoms with Gasteiger partial charge in [-0.2, -0.15) is 0 Å². The van der Waals surface area contributed by atoms with Gasteiger partial charge in [0.2, 0.25) is 0 Å². The van der Waals surface area contributed by atoms with E-state index in [1.165, 1.54) is 7.11 Å². The van der Waals surface area contributed by atoms with Crippen LogP contribution < -0.4 is 15.0 Å². The summed E-state index contributed by atoms with van der Waals surface area (Å²) in [5.41, 5.74) is 0.811. The van der Waals surface area contributed by atoms with Gasteiger partial charge in [0.1, 0.15) is 0 Å². The lowest BCUT2D eigenvalue weighted by Gasteiger charge is -2.15. The normalized spacial score (nSPS) is 11.9. The number of nitrogens with one attached hydrogen (secondary N) is 1. The first-order valence-electron chi connectivity index (χ1n) is 8.40. The Balaban J connectivity index is 2.05. The number of H-pyrrole nitrogens is 1. The molecule has 2 aromatic carbocycles. The quantitative estimate of drug-likeness (QED) is 0.549. The molecule has 0 radical (unpaired) electrons. The molecule has 0 unspecified atom stereocenters. The fourth-order valence-corrected chi connectivity index (χ4v) is 3.26. The molecule has 0 saturated carbocycles. The van der Waals surface area contributed by atoms with E-state index in [4.69, 9.17) is 44.3 Å². The van der Waals surface area contributed by atoms with Crippen LogP contribution in [-0.4, -0.2) is 23.2 Å². The Hall–Kier alpha value is -2.21. The minimum atomic E-state index is -0.306. The van der Waals surface area contributed by atoms with Gasteiger partial charge in [-0.25, -0.2) is 4.98 Å². The van der Waals surface area contributed by atoms with Crippen molar-refractivity contribution in [3.05, 3.63) is 62.1 Å². The van der Waals surface area contributed by atoms with Crippen LogP contribution in [0.5, 0.6) is 11.5 Å². The fraction of sp³-hybridized carbons (Fsp3) is 0.200. The van der Waals surface area contributed by atoms with E-state index in [1.54, 1.807) is 36.4 Å². The van der Waals surface area contributed by atoms with Gasteiger partial charge in [-0.3, -0.25) is 4.79 Å². The molecule has 8 heteroatoms. The maximum Gasteiger partial charge on any atom is 0.259 e. The number of halogens is 3. The summed E-state index contributed by atoms with van der Waals surface area (Å²) in [6.45, 7) is 3.79. The Kier molecular flexibility index (Phi) is 6.18. The monoisotopic (exact) mass is 438 g/mol. The highest BCUT2D eigenvalue weighted by Gasteiger charge is 2.14. The molecular weight excluding hydrogens is 423 g/mol. The van der Waals surface area contributed by atoms with Crippen molar-refractivity contribution in [3.63, 3.8) is 0 Å². The van der Waals surface area contributed by atoms with Crippen molar-refractivity contribution in [1.29, 1.82) is 0 Å². The molecule has 1 aromatic heterocycles. The molecule has 146 valence electrons. The standard InChI is InChI=1S/C20H17Cl3N2O3/c1-10(2)28-18-14(22)6-11(8-17(18)27-3)7-15(23)19-24-16-9-12(21)4-5-13(16)20(26)25-19/h4-10H,1-3H3,(H,24,25,26)/b15-7-. The molecule has 0 amide bonds. The first-order chi connectivity index (χ1) is 13.3. The average Bonchev–Trinajstić information content (AvgIpc) is 2.62. The van der Waals surface area contributed by atoms with Crippen molar-refractivity contribution >= 4 is 56.8 Å². The van der Waals surface area contributed by atoms with Crippen LogP contribution >= 0.6 is 34.8 Å². The van der Waals surface area contributed by atoms with Crippen LogP contribution in [0.1, 0.15) is 25.2 Å². The third kappa shape index (κ3) is 4.43. The summed E-state index contributed by atoms with van der Waals surface area (Å²) in [6.07, 6.45) is 1.57. The molecule has 0 aliphatic heterocycles. The van der Waals surface area contributed by atoms with Gasteiger partial charge >= 0.3 is 0 Å². The molecule has 0 aliphatic rings. The SMILES string of the molecule is COc1cc(/C=C(\Cl)c2nc3cc(Cl)ccc3c(=O)[nH]2)cc(Cl)c1OC(C)C. The van der Waals surface area contributed by atoms with E-state index in [-0.39, 0.29) is 22.5 Å². The number of benzene rings is 2. The average molecular weight is 440 g/mol. The summed E-state index contributed by atoms with van der Waals surface area (Å²) < 4.78 is 11.1. The van der Waals surface area contributed by atoms with Crippen LogP contribution in [0.25, 0.3) is 22.0 Å². The van der Waals surface area contributed by atoms with Crippen LogP contribution in [0.15, 0.2) is 35.1 Å². The van der Waals surface area contributed by atoms with Crippen LogP contribution in [0.4, 0.5) is 0 Å². The van der Waals surface area contributed by atoms with Crippen molar-refractivity contribution in [2.75, 3.05) is 7.11 Å². The van der Waals surface area contributed by atoms with Crippen molar-refractivity contribution in [1.82, 2.24) is 9.97 Å². The van der Waals surface area contributed by atoms with Crippen molar-refractivity contribution < 1.29 is 9.47 Å². The summed E-state index contributed by atoms with van der Waals surface area (Å²) in [4.78, 5) is 19.3. The smallest absolute Gasteiger partial charge is 0.259 e. The van der Waals surface area contributed by atoms with Crippen LogP contribution in [-0.2, 0) is 0 Å². The molecule has 5 nitrogen and oxygen atoms in total. The second-order valence-corrected chi connectivity index (χ2v) is 7.52. The molecular formula is C20H17Cl3N2O3. The van der Waals surface area contributed by atoms with E-state index < -0.39 is 0 Å². The van der Waals surface area contributed by atoms with Gasteiger partial charge in [0, 0.05) is 5.02 Å². The Bertz CT molecular complexity index is 1120. The number of hydrogen-bond acceptors (Lipinski definition) is 4. The zero-order chi connectivity index (χ0) is 20.4. The lowest BCUT2D eigenvalue weighted by atomic mass is 10.1. The van der Waals surface area contributed by atoms with Gasteiger partial charge < -0.3 is 14.5 Å². The van der Waals surface area contributed by atoms with E-state index in [1.807, 2.05) is 13.8 Å². The molecule has 3 rings (SSSR count). The van der Waals surface area contributed by atoms with Crippen LogP contribution in [0, 0.1) is 0 Å². The second-order valence-electron chi connectivity index (χ2n) is 6.27. The van der Waals surface area contributed by atoms with Crippen molar-refractivity contribution in [3.8, 4) is 11.5 Å². The van der Waals surface area contributed by atoms with Gasteiger partial charge in [-0.1, -0.05) is 34.8 Å². The summed E-state index contributed by atoms with van der Waals surface area (Å²) in [7, 11) is 1.53. The second kappa shape index (κ2) is 8.43. The highest BCUT2D eigenvalue weighted by molar-refractivity contribution is 6.50. The number of aromatic amines is 1. The maximum atomic E-state index is 12.3. The summed E-state index contributed by atoms with van der Waals surface area (Å²) >= 11 is 18.7. The third-order valence-corrected chi connectivity index (χ3v) is 4.60. The zero-order valence-corrected chi connectivity index (χ0v) is 17.6. The molecule has 0 aliphatic carbocycles. The first kappa shape index (κ1) is 20.5. The number of nitrogens with zero attached hydrogens (tertiary/aromatic N) is 1. The first-order valence-corrected chi connectivity index (χ1v) is 9.53.